The number of hydrogen-bond acceptors (Lipinski definition) is 3. The Kier molecular flexibility index (Phi) is 6.54. The van der Waals surface area contributed by atoms with E-state index in [-0.39, 0.29) is 11.9 Å². The van der Waals surface area contributed by atoms with Gasteiger partial charge in [-0.15, -0.1) is 0 Å². The molecule has 2 atom stereocenters. The zero-order valence-electron chi connectivity index (χ0n) is 10.7. The van der Waals surface area contributed by atoms with Gasteiger partial charge in [0.1, 0.15) is 0 Å². The van der Waals surface area contributed by atoms with Crippen molar-refractivity contribution in [1.82, 2.24) is 5.32 Å². The Labute approximate surface area is 117 Å². The van der Waals surface area contributed by atoms with E-state index in [4.69, 9.17) is 17.3 Å². The Morgan fingerprint density at radius 1 is 1.56 bits per heavy atom. The molecular weight excluding hydrogens is 268 g/mol. The number of carbonyl (C=O) groups excluding carboxylic acids is 1. The lowest BCUT2D eigenvalue weighted by atomic mass is 10.1. The Balaban J connectivity index is 2.54. The first-order chi connectivity index (χ1) is 8.54. The van der Waals surface area contributed by atoms with E-state index in [0.717, 1.165) is 11.3 Å². The van der Waals surface area contributed by atoms with Crippen LogP contribution in [-0.4, -0.2) is 24.0 Å². The quantitative estimate of drug-likeness (QED) is 0.845. The van der Waals surface area contributed by atoms with Gasteiger partial charge in [0.25, 0.3) is 0 Å². The van der Waals surface area contributed by atoms with Crippen LogP contribution in [0.3, 0.4) is 0 Å². The van der Waals surface area contributed by atoms with Gasteiger partial charge in [-0.25, -0.2) is 0 Å². The Bertz CT molecular complexity index is 400. The monoisotopic (exact) mass is 286 g/mol. The lowest BCUT2D eigenvalue weighted by Gasteiger charge is -2.17. The minimum Gasteiger partial charge on any atom is -0.348 e. The number of amides is 1. The van der Waals surface area contributed by atoms with Crippen LogP contribution in [0, 0.1) is 0 Å². The molecule has 0 spiro atoms. The highest BCUT2D eigenvalue weighted by molar-refractivity contribution is 7.98. The minimum atomic E-state index is -0.445. The second-order valence-corrected chi connectivity index (χ2v) is 5.60. The molecule has 18 heavy (non-hydrogen) atoms. The third-order valence-electron chi connectivity index (χ3n) is 2.68. The van der Waals surface area contributed by atoms with Crippen LogP contribution in [0.1, 0.15) is 24.9 Å². The van der Waals surface area contributed by atoms with Gasteiger partial charge in [-0.3, -0.25) is 4.79 Å². The molecular formula is C13H19ClN2OS. The largest absolute Gasteiger partial charge is 0.348 e. The Morgan fingerprint density at radius 3 is 2.89 bits per heavy atom. The molecule has 1 amide bonds. The van der Waals surface area contributed by atoms with Gasteiger partial charge in [-0.1, -0.05) is 23.7 Å². The average Bonchev–Trinajstić information content (AvgIpc) is 2.35. The summed E-state index contributed by atoms with van der Waals surface area (Å²) in [5.41, 5.74) is 6.79. The summed E-state index contributed by atoms with van der Waals surface area (Å²) < 4.78 is 0. The summed E-state index contributed by atoms with van der Waals surface area (Å²) in [5, 5.41) is 3.57. The highest BCUT2D eigenvalue weighted by Crippen LogP contribution is 2.17. The third-order valence-corrected chi connectivity index (χ3v) is 3.56. The molecule has 3 N–H and O–H groups in total. The summed E-state index contributed by atoms with van der Waals surface area (Å²) in [6.07, 6.45) is 2.69. The zero-order valence-corrected chi connectivity index (χ0v) is 12.2. The normalized spacial score (nSPS) is 14.0. The molecule has 0 saturated carbocycles. The standard InChI is InChI=1S/C13H19ClN2OS/c1-9(10-4-3-5-11(14)8-10)16-13(17)12(15)6-7-18-2/h3-5,8-9,12H,6-7,15H2,1-2H3,(H,16,17)/t9-,12-/m1/s1. The molecule has 0 saturated heterocycles. The molecule has 0 radical (unpaired) electrons. The SMILES string of the molecule is CSCC[C@@H](N)C(=O)N[C@H](C)c1cccc(Cl)c1. The van der Waals surface area contributed by atoms with Crippen molar-refractivity contribution in [3.05, 3.63) is 34.9 Å². The molecule has 0 fully saturated rings. The molecule has 0 aliphatic carbocycles. The lowest BCUT2D eigenvalue weighted by molar-refractivity contribution is -0.123. The van der Waals surface area contributed by atoms with Crippen LogP contribution in [0.25, 0.3) is 0 Å². The van der Waals surface area contributed by atoms with Crippen LogP contribution in [0.5, 0.6) is 0 Å². The fraction of sp³-hybridized carbons (Fsp3) is 0.462. The van der Waals surface area contributed by atoms with Crippen molar-refractivity contribution in [2.45, 2.75) is 25.4 Å². The predicted octanol–water partition coefficient (Wildman–Crippen LogP) is 2.60. The number of hydrogen-bond donors (Lipinski definition) is 2. The fourth-order valence-corrected chi connectivity index (χ4v) is 2.24. The van der Waals surface area contributed by atoms with E-state index in [0.29, 0.717) is 11.4 Å². The highest BCUT2D eigenvalue weighted by Gasteiger charge is 2.16. The topological polar surface area (TPSA) is 55.1 Å². The summed E-state index contributed by atoms with van der Waals surface area (Å²) in [4.78, 5) is 11.8. The van der Waals surface area contributed by atoms with E-state index in [2.05, 4.69) is 5.32 Å². The van der Waals surface area contributed by atoms with Crippen LogP contribution < -0.4 is 11.1 Å². The second-order valence-electron chi connectivity index (χ2n) is 4.17. The van der Waals surface area contributed by atoms with Crippen molar-refractivity contribution in [2.75, 3.05) is 12.0 Å². The molecule has 0 unspecified atom stereocenters. The molecule has 0 aliphatic heterocycles. The first-order valence-corrected chi connectivity index (χ1v) is 7.62. The maximum absolute atomic E-state index is 11.8. The van der Waals surface area contributed by atoms with Crippen molar-refractivity contribution < 1.29 is 4.79 Å². The zero-order chi connectivity index (χ0) is 13.5. The van der Waals surface area contributed by atoms with Crippen LogP contribution >= 0.6 is 23.4 Å². The van der Waals surface area contributed by atoms with Crippen molar-refractivity contribution in [1.29, 1.82) is 0 Å². The lowest BCUT2D eigenvalue weighted by Crippen LogP contribution is -2.41. The van der Waals surface area contributed by atoms with Gasteiger partial charge >= 0.3 is 0 Å². The second kappa shape index (κ2) is 7.67. The summed E-state index contributed by atoms with van der Waals surface area (Å²) >= 11 is 7.60. The van der Waals surface area contributed by atoms with Crippen molar-refractivity contribution in [3.8, 4) is 0 Å². The summed E-state index contributed by atoms with van der Waals surface area (Å²) in [6, 6.07) is 6.93. The maximum Gasteiger partial charge on any atom is 0.237 e. The summed E-state index contributed by atoms with van der Waals surface area (Å²) in [5.74, 6) is 0.775. The molecule has 0 aromatic heterocycles. The van der Waals surface area contributed by atoms with Gasteiger partial charge in [0.2, 0.25) is 5.91 Å². The van der Waals surface area contributed by atoms with E-state index < -0.39 is 6.04 Å². The van der Waals surface area contributed by atoms with E-state index in [1.165, 1.54) is 0 Å². The van der Waals surface area contributed by atoms with E-state index >= 15 is 0 Å². The van der Waals surface area contributed by atoms with Crippen molar-refractivity contribution in [2.24, 2.45) is 5.73 Å². The Hall–Kier alpha value is -0.710. The molecule has 0 aliphatic rings. The molecule has 100 valence electrons. The van der Waals surface area contributed by atoms with Crippen LogP contribution in [0.2, 0.25) is 5.02 Å². The number of nitrogens with one attached hydrogen (secondary N) is 1. The maximum atomic E-state index is 11.8. The predicted molar refractivity (Wildman–Crippen MR) is 79.0 cm³/mol. The third kappa shape index (κ3) is 4.88. The Morgan fingerprint density at radius 2 is 2.28 bits per heavy atom. The van der Waals surface area contributed by atoms with Crippen LogP contribution in [0.15, 0.2) is 24.3 Å². The molecule has 1 rings (SSSR count). The van der Waals surface area contributed by atoms with Gasteiger partial charge in [0.15, 0.2) is 0 Å². The average molecular weight is 287 g/mol. The molecule has 5 heteroatoms. The van der Waals surface area contributed by atoms with Crippen molar-refractivity contribution >= 4 is 29.3 Å². The first-order valence-electron chi connectivity index (χ1n) is 5.85. The molecule has 0 bridgehead atoms. The van der Waals surface area contributed by atoms with Gasteiger partial charge in [-0.2, -0.15) is 11.8 Å². The molecule has 0 heterocycles. The van der Waals surface area contributed by atoms with E-state index in [1.807, 2.05) is 37.4 Å². The van der Waals surface area contributed by atoms with E-state index in [9.17, 15) is 4.79 Å². The number of carbonyl (C=O) groups is 1. The van der Waals surface area contributed by atoms with Crippen LogP contribution in [0.4, 0.5) is 0 Å². The first kappa shape index (κ1) is 15.3. The number of rotatable bonds is 6. The van der Waals surface area contributed by atoms with Gasteiger partial charge < -0.3 is 11.1 Å². The molecule has 1 aromatic carbocycles. The number of halogens is 1. The minimum absolute atomic E-state index is 0.0865. The van der Waals surface area contributed by atoms with Crippen LogP contribution in [-0.2, 0) is 4.79 Å². The summed E-state index contributed by atoms with van der Waals surface area (Å²) in [7, 11) is 0. The molecule has 3 nitrogen and oxygen atoms in total. The van der Waals surface area contributed by atoms with Crippen molar-refractivity contribution in [3.63, 3.8) is 0 Å². The smallest absolute Gasteiger partial charge is 0.237 e. The number of thioether (sulfide) groups is 1. The number of benzene rings is 1. The van der Waals surface area contributed by atoms with Gasteiger partial charge in [0, 0.05) is 5.02 Å². The van der Waals surface area contributed by atoms with E-state index in [1.54, 1.807) is 11.8 Å². The van der Waals surface area contributed by atoms with Gasteiger partial charge in [-0.05, 0) is 43.0 Å². The van der Waals surface area contributed by atoms with Gasteiger partial charge in [0.05, 0.1) is 12.1 Å². The number of nitrogens with two attached hydrogens (primary N) is 1. The summed E-state index contributed by atoms with van der Waals surface area (Å²) in [6.45, 7) is 1.92. The highest BCUT2D eigenvalue weighted by atomic mass is 35.5. The fourth-order valence-electron chi connectivity index (χ4n) is 1.56. The molecule has 1 aromatic rings.